The van der Waals surface area contributed by atoms with Gasteiger partial charge in [-0.15, -0.1) is 0 Å². The van der Waals surface area contributed by atoms with Crippen LogP contribution in [0.1, 0.15) is 0 Å². The van der Waals surface area contributed by atoms with Gasteiger partial charge in [0, 0.05) is 0 Å². The quantitative estimate of drug-likeness (QED) is 0.244. The van der Waals surface area contributed by atoms with Gasteiger partial charge in [-0.25, -0.2) is 0 Å². The Hall–Kier alpha value is -0.850. The van der Waals surface area contributed by atoms with Crippen LogP contribution in [0.4, 0.5) is 0 Å². The Balaban J connectivity index is 2.85. The van der Waals surface area contributed by atoms with E-state index >= 15 is 0 Å². The van der Waals surface area contributed by atoms with Crippen molar-refractivity contribution in [3.63, 3.8) is 0 Å². The van der Waals surface area contributed by atoms with Crippen LogP contribution in [-0.4, -0.2) is 91.3 Å². The molecular weight excluding hydrogens is 266 g/mol. The maximum absolute atomic E-state index is 10.7. The Morgan fingerprint density at radius 1 is 1.26 bits per heavy atom. The Labute approximate surface area is 107 Å². The zero-order valence-corrected chi connectivity index (χ0v) is 9.75. The maximum atomic E-state index is 10.7. The molecule has 0 aromatic rings. The molecule has 10 heteroatoms. The molecule has 1 heterocycles. The second-order valence-electron chi connectivity index (χ2n) is 4.21. The third kappa shape index (κ3) is 3.19. The van der Waals surface area contributed by atoms with E-state index < -0.39 is 55.6 Å². The number of rotatable bonds is 5. The molecular formula is C9H17NO9. The smallest absolute Gasteiger partial charge is 0.323 e. The lowest BCUT2D eigenvalue weighted by Gasteiger charge is -2.45. The van der Waals surface area contributed by atoms with E-state index in [0.29, 0.717) is 0 Å². The topological polar surface area (TPSA) is 180 Å². The molecule has 0 radical (unpaired) electrons. The van der Waals surface area contributed by atoms with Gasteiger partial charge in [0.15, 0.2) is 0 Å². The summed E-state index contributed by atoms with van der Waals surface area (Å²) >= 11 is 0. The van der Waals surface area contributed by atoms with Crippen LogP contribution < -0.4 is 5.32 Å². The van der Waals surface area contributed by atoms with Gasteiger partial charge in [0.2, 0.25) is 5.79 Å². The predicted molar refractivity (Wildman–Crippen MR) is 56.6 cm³/mol. The molecule has 10 nitrogen and oxygen atoms in total. The fourth-order valence-corrected chi connectivity index (χ4v) is 1.66. The Bertz CT molecular complexity index is 327. The third-order valence-corrected chi connectivity index (χ3v) is 2.85. The van der Waals surface area contributed by atoms with E-state index in [2.05, 4.69) is 5.32 Å². The van der Waals surface area contributed by atoms with Crippen molar-refractivity contribution in [2.24, 2.45) is 0 Å². The predicted octanol–water partition coefficient (Wildman–Crippen LogP) is -4.86. The summed E-state index contributed by atoms with van der Waals surface area (Å²) in [6, 6.07) is -1.52. The second-order valence-corrected chi connectivity index (χ2v) is 4.21. The molecule has 0 spiro atoms. The fraction of sp³-hybridized carbons (Fsp3) is 0.889. The summed E-state index contributed by atoms with van der Waals surface area (Å²) in [6.45, 7) is -1.93. The molecule has 2 unspecified atom stereocenters. The second kappa shape index (κ2) is 6.07. The number of ether oxygens (including phenoxy) is 1. The van der Waals surface area contributed by atoms with E-state index in [1.54, 1.807) is 0 Å². The van der Waals surface area contributed by atoms with Crippen molar-refractivity contribution in [2.75, 3.05) is 13.2 Å². The van der Waals surface area contributed by atoms with E-state index in [1.165, 1.54) is 0 Å². The van der Waals surface area contributed by atoms with E-state index in [9.17, 15) is 25.2 Å². The van der Waals surface area contributed by atoms with Crippen LogP contribution in [0.25, 0.3) is 0 Å². The van der Waals surface area contributed by atoms with Crippen LogP contribution in [0.15, 0.2) is 0 Å². The highest BCUT2D eigenvalue weighted by Gasteiger charge is 2.53. The van der Waals surface area contributed by atoms with Gasteiger partial charge in [-0.1, -0.05) is 0 Å². The van der Waals surface area contributed by atoms with Crippen molar-refractivity contribution >= 4 is 5.97 Å². The minimum atomic E-state index is -2.56. The molecule has 1 fully saturated rings. The first-order chi connectivity index (χ1) is 8.76. The summed E-state index contributed by atoms with van der Waals surface area (Å²) in [5.74, 6) is -4.01. The van der Waals surface area contributed by atoms with Crippen LogP contribution >= 0.6 is 0 Å². The minimum Gasteiger partial charge on any atom is -0.480 e. The highest BCUT2D eigenvalue weighted by molar-refractivity contribution is 5.73. The van der Waals surface area contributed by atoms with Gasteiger partial charge in [0.1, 0.15) is 30.6 Å². The first-order valence-corrected chi connectivity index (χ1v) is 5.41. The summed E-state index contributed by atoms with van der Waals surface area (Å²) in [5, 5.41) is 66.8. The van der Waals surface area contributed by atoms with Gasteiger partial charge in [-0.05, 0) is 0 Å². The van der Waals surface area contributed by atoms with Crippen LogP contribution in [0.2, 0.25) is 0 Å². The average molecular weight is 283 g/mol. The Morgan fingerprint density at radius 3 is 2.26 bits per heavy atom. The van der Waals surface area contributed by atoms with Crippen molar-refractivity contribution in [2.45, 2.75) is 36.4 Å². The van der Waals surface area contributed by atoms with E-state index in [4.69, 9.17) is 20.1 Å². The molecule has 0 amide bonds. The normalized spacial score (nSPS) is 40.9. The molecule has 1 aliphatic rings. The van der Waals surface area contributed by atoms with Gasteiger partial charge in [0.25, 0.3) is 0 Å². The molecule has 1 saturated heterocycles. The highest BCUT2D eigenvalue weighted by Crippen LogP contribution is 2.27. The number of nitrogens with one attached hydrogen (secondary N) is 1. The summed E-state index contributed by atoms with van der Waals surface area (Å²) in [4.78, 5) is 10.7. The number of aliphatic hydroxyl groups excluding tert-OH is 5. The first kappa shape index (κ1) is 16.2. The third-order valence-electron chi connectivity index (χ3n) is 2.85. The lowest BCUT2D eigenvalue weighted by molar-refractivity contribution is -0.360. The van der Waals surface area contributed by atoms with Gasteiger partial charge < -0.3 is 40.5 Å². The van der Waals surface area contributed by atoms with Gasteiger partial charge in [-0.2, -0.15) is 0 Å². The molecule has 1 rings (SSSR count). The van der Waals surface area contributed by atoms with E-state index in [-0.39, 0.29) is 0 Å². The van der Waals surface area contributed by atoms with Crippen LogP contribution in [0.5, 0.6) is 0 Å². The number of aliphatic carboxylic acids is 1. The molecule has 0 saturated carbocycles. The maximum Gasteiger partial charge on any atom is 0.323 e. The number of hydrogen-bond donors (Lipinski definition) is 8. The Kier molecular flexibility index (Phi) is 5.18. The lowest BCUT2D eigenvalue weighted by Crippen LogP contribution is -2.70. The highest BCUT2D eigenvalue weighted by atomic mass is 16.7. The summed E-state index contributed by atoms with van der Waals surface area (Å²) in [5.41, 5.74) is 0. The van der Waals surface area contributed by atoms with Crippen molar-refractivity contribution in [3.8, 4) is 0 Å². The summed E-state index contributed by atoms with van der Waals surface area (Å²) in [6.07, 6.45) is -7.24. The first-order valence-electron chi connectivity index (χ1n) is 5.41. The summed E-state index contributed by atoms with van der Waals surface area (Å²) in [7, 11) is 0. The molecule has 0 bridgehead atoms. The van der Waals surface area contributed by atoms with E-state index in [0.717, 1.165) is 0 Å². The molecule has 1 aliphatic heterocycles. The van der Waals surface area contributed by atoms with Gasteiger partial charge >= 0.3 is 5.97 Å². The number of aliphatic hydroxyl groups is 6. The van der Waals surface area contributed by atoms with Crippen LogP contribution in [0.3, 0.4) is 0 Å². The molecule has 0 aromatic carbocycles. The number of carboxylic acids is 1. The molecule has 19 heavy (non-hydrogen) atoms. The van der Waals surface area contributed by atoms with Gasteiger partial charge in [-0.3, -0.25) is 10.1 Å². The number of carboxylic acid groups (broad SMARTS) is 1. The fourth-order valence-electron chi connectivity index (χ4n) is 1.66. The largest absolute Gasteiger partial charge is 0.480 e. The van der Waals surface area contributed by atoms with Crippen molar-refractivity contribution in [1.82, 2.24) is 5.32 Å². The van der Waals surface area contributed by atoms with Crippen LogP contribution in [-0.2, 0) is 9.53 Å². The zero-order chi connectivity index (χ0) is 14.8. The average Bonchev–Trinajstić information content (AvgIpc) is 2.38. The minimum absolute atomic E-state index is 0.835. The standard InChI is InChI=1S/C9H17NO9/c11-1-3(8(16)17)10-7-5(14)4(13)6(15)9(18,2-12)19-7/h3-7,10-15,18H,1-2H2,(H,16,17)/t3?,4-,5+,6+,7?,9+/m1/s1. The molecule has 0 aromatic heterocycles. The van der Waals surface area contributed by atoms with Gasteiger partial charge in [0.05, 0.1) is 13.2 Å². The van der Waals surface area contributed by atoms with E-state index in [1.807, 2.05) is 0 Å². The lowest BCUT2D eigenvalue weighted by atomic mass is 9.95. The zero-order valence-electron chi connectivity index (χ0n) is 9.75. The molecule has 0 aliphatic carbocycles. The SMILES string of the molecule is O=C(O)C(CO)NC1O[C@@](O)(CO)[C@@H](O)[C@H](O)[C@@H]1O. The van der Waals surface area contributed by atoms with Crippen LogP contribution in [0, 0.1) is 0 Å². The number of carbonyl (C=O) groups is 1. The van der Waals surface area contributed by atoms with Crippen molar-refractivity contribution in [1.29, 1.82) is 0 Å². The summed E-state index contributed by atoms with van der Waals surface area (Å²) < 4.78 is 4.76. The molecule has 112 valence electrons. The molecule has 6 atom stereocenters. The Morgan fingerprint density at radius 2 is 1.84 bits per heavy atom. The number of hydrogen-bond acceptors (Lipinski definition) is 9. The monoisotopic (exact) mass is 283 g/mol. The van der Waals surface area contributed by atoms with Crippen molar-refractivity contribution < 1.29 is 45.3 Å². The van der Waals surface area contributed by atoms with Crippen molar-refractivity contribution in [3.05, 3.63) is 0 Å². The molecule has 8 N–H and O–H groups in total.